The second-order valence-electron chi connectivity index (χ2n) is 5.73. The average molecular weight is 341 g/mol. The van der Waals surface area contributed by atoms with Crippen LogP contribution in [0.5, 0.6) is 0 Å². The molecule has 126 valence electrons. The average Bonchev–Trinajstić information content (AvgIpc) is 2.69. The number of rotatable bonds is 3. The minimum absolute atomic E-state index is 0.0132. The van der Waals surface area contributed by atoms with Crippen LogP contribution < -0.4 is 5.56 Å². The van der Waals surface area contributed by atoms with Crippen molar-refractivity contribution in [2.75, 3.05) is 0 Å². The van der Waals surface area contributed by atoms with Gasteiger partial charge in [0.15, 0.2) is 0 Å². The van der Waals surface area contributed by atoms with Gasteiger partial charge in [-0.2, -0.15) is 0 Å². The molecule has 0 bridgehead atoms. The topological polar surface area (TPSA) is 68.0 Å². The molecule has 4 aromatic rings. The SMILES string of the molecule is O=c1c2ccccc2nc(/C=C(\O)c2ccncc2)n1-c1ccccc1. The summed E-state index contributed by atoms with van der Waals surface area (Å²) in [7, 11) is 0. The van der Waals surface area contributed by atoms with Gasteiger partial charge in [-0.05, 0) is 36.4 Å². The second-order valence-corrected chi connectivity index (χ2v) is 5.73. The zero-order valence-corrected chi connectivity index (χ0v) is 13.8. The molecule has 2 heterocycles. The molecule has 5 nitrogen and oxygen atoms in total. The number of aliphatic hydroxyl groups excluding tert-OH is 1. The molecule has 2 aromatic carbocycles. The van der Waals surface area contributed by atoms with E-state index in [1.807, 2.05) is 42.5 Å². The number of para-hydroxylation sites is 2. The maximum absolute atomic E-state index is 13.1. The van der Waals surface area contributed by atoms with Crippen molar-refractivity contribution >= 4 is 22.7 Å². The van der Waals surface area contributed by atoms with Crippen molar-refractivity contribution in [3.63, 3.8) is 0 Å². The van der Waals surface area contributed by atoms with Crippen LogP contribution in [0.2, 0.25) is 0 Å². The quantitative estimate of drug-likeness (QED) is 0.575. The lowest BCUT2D eigenvalue weighted by Gasteiger charge is -2.12. The van der Waals surface area contributed by atoms with Gasteiger partial charge in [0.1, 0.15) is 11.6 Å². The molecule has 0 atom stereocenters. The molecule has 0 saturated carbocycles. The molecule has 0 fully saturated rings. The number of hydrogen-bond donors (Lipinski definition) is 1. The van der Waals surface area contributed by atoms with E-state index in [1.165, 1.54) is 10.6 Å². The van der Waals surface area contributed by atoms with Crippen LogP contribution in [0.3, 0.4) is 0 Å². The number of aromatic nitrogens is 3. The molecule has 0 unspecified atom stereocenters. The molecule has 2 aromatic heterocycles. The molecule has 0 amide bonds. The first-order chi connectivity index (χ1) is 12.7. The van der Waals surface area contributed by atoms with E-state index in [2.05, 4.69) is 9.97 Å². The van der Waals surface area contributed by atoms with E-state index in [4.69, 9.17) is 0 Å². The number of fused-ring (bicyclic) bond motifs is 1. The lowest BCUT2D eigenvalue weighted by atomic mass is 10.2. The van der Waals surface area contributed by atoms with Gasteiger partial charge in [-0.3, -0.25) is 14.3 Å². The number of aliphatic hydroxyl groups is 1. The zero-order valence-electron chi connectivity index (χ0n) is 13.8. The standard InChI is InChI=1S/C21H15N3O2/c25-19(15-10-12-22-13-11-15)14-20-23-18-9-5-4-8-17(18)21(26)24(20)16-6-2-1-3-7-16/h1-14,25H/b19-14-. The van der Waals surface area contributed by atoms with Crippen LogP contribution in [0, 0.1) is 0 Å². The second kappa shape index (κ2) is 6.64. The Labute approximate surface area is 149 Å². The fraction of sp³-hybridized carbons (Fsp3) is 0. The van der Waals surface area contributed by atoms with Crippen LogP contribution in [0.15, 0.2) is 83.9 Å². The summed E-state index contributed by atoms with van der Waals surface area (Å²) in [6.07, 6.45) is 4.69. The van der Waals surface area contributed by atoms with Crippen LogP contribution in [0.1, 0.15) is 11.4 Å². The summed E-state index contributed by atoms with van der Waals surface area (Å²) in [5.41, 5.74) is 1.68. The van der Waals surface area contributed by atoms with E-state index in [9.17, 15) is 9.90 Å². The van der Waals surface area contributed by atoms with Crippen LogP contribution in [0.25, 0.3) is 28.4 Å². The van der Waals surface area contributed by atoms with Crippen molar-refractivity contribution < 1.29 is 5.11 Å². The molecular weight excluding hydrogens is 326 g/mol. The third kappa shape index (κ3) is 2.86. The zero-order chi connectivity index (χ0) is 17.9. The summed E-state index contributed by atoms with van der Waals surface area (Å²) in [4.78, 5) is 21.6. The van der Waals surface area contributed by atoms with Gasteiger partial charge in [-0.1, -0.05) is 30.3 Å². The van der Waals surface area contributed by atoms with E-state index < -0.39 is 0 Å². The molecule has 0 radical (unpaired) electrons. The van der Waals surface area contributed by atoms with E-state index in [0.717, 1.165) is 0 Å². The lowest BCUT2D eigenvalue weighted by molar-refractivity contribution is 0.515. The third-order valence-corrected chi connectivity index (χ3v) is 4.06. The predicted octanol–water partition coefficient (Wildman–Crippen LogP) is 3.84. The predicted molar refractivity (Wildman–Crippen MR) is 102 cm³/mol. The van der Waals surface area contributed by atoms with Gasteiger partial charge in [0, 0.05) is 24.0 Å². The normalized spacial score (nSPS) is 11.6. The van der Waals surface area contributed by atoms with Crippen LogP contribution >= 0.6 is 0 Å². The highest BCUT2D eigenvalue weighted by Crippen LogP contribution is 2.18. The number of pyridine rings is 1. The molecule has 0 saturated heterocycles. The minimum Gasteiger partial charge on any atom is -0.507 e. The number of nitrogens with zero attached hydrogens (tertiary/aromatic N) is 3. The first-order valence-electron chi connectivity index (χ1n) is 8.12. The van der Waals surface area contributed by atoms with Crippen LogP contribution in [-0.2, 0) is 0 Å². The Morgan fingerprint density at radius 3 is 2.38 bits per heavy atom. The highest BCUT2D eigenvalue weighted by Gasteiger charge is 2.12. The Bertz CT molecular complexity index is 1150. The van der Waals surface area contributed by atoms with Crippen molar-refractivity contribution in [1.82, 2.24) is 14.5 Å². The lowest BCUT2D eigenvalue weighted by Crippen LogP contribution is -2.22. The summed E-state index contributed by atoms with van der Waals surface area (Å²) in [6, 6.07) is 19.8. The third-order valence-electron chi connectivity index (χ3n) is 4.06. The largest absolute Gasteiger partial charge is 0.507 e. The number of hydrogen-bond acceptors (Lipinski definition) is 4. The maximum atomic E-state index is 13.1. The highest BCUT2D eigenvalue weighted by molar-refractivity contribution is 5.81. The summed E-state index contributed by atoms with van der Waals surface area (Å²) < 4.78 is 1.50. The van der Waals surface area contributed by atoms with E-state index in [-0.39, 0.29) is 11.3 Å². The Hall–Kier alpha value is -3.73. The molecule has 0 aliphatic heterocycles. The van der Waals surface area contributed by atoms with Crippen molar-refractivity contribution in [3.8, 4) is 5.69 Å². The van der Waals surface area contributed by atoms with E-state index in [0.29, 0.717) is 28.0 Å². The monoisotopic (exact) mass is 341 g/mol. The Kier molecular flexibility index (Phi) is 4.03. The van der Waals surface area contributed by atoms with Gasteiger partial charge in [-0.25, -0.2) is 4.98 Å². The van der Waals surface area contributed by atoms with Gasteiger partial charge in [0.2, 0.25) is 0 Å². The number of benzene rings is 2. The Morgan fingerprint density at radius 2 is 1.62 bits per heavy atom. The molecule has 0 aliphatic rings. The molecular formula is C21H15N3O2. The summed E-state index contributed by atoms with van der Waals surface area (Å²) in [6.45, 7) is 0. The van der Waals surface area contributed by atoms with Crippen LogP contribution in [-0.4, -0.2) is 19.6 Å². The van der Waals surface area contributed by atoms with Crippen molar-refractivity contribution in [2.24, 2.45) is 0 Å². The van der Waals surface area contributed by atoms with E-state index >= 15 is 0 Å². The van der Waals surface area contributed by atoms with Gasteiger partial charge < -0.3 is 5.11 Å². The Morgan fingerprint density at radius 1 is 0.923 bits per heavy atom. The first kappa shape index (κ1) is 15.8. The first-order valence-corrected chi connectivity index (χ1v) is 8.12. The molecule has 0 spiro atoms. The molecule has 0 aliphatic carbocycles. The van der Waals surface area contributed by atoms with Gasteiger partial charge in [0.05, 0.1) is 16.6 Å². The maximum Gasteiger partial charge on any atom is 0.266 e. The smallest absolute Gasteiger partial charge is 0.266 e. The molecule has 4 rings (SSSR count). The van der Waals surface area contributed by atoms with E-state index in [1.54, 1.807) is 36.7 Å². The molecule has 1 N–H and O–H groups in total. The molecule has 26 heavy (non-hydrogen) atoms. The van der Waals surface area contributed by atoms with Gasteiger partial charge in [0.25, 0.3) is 5.56 Å². The fourth-order valence-electron chi connectivity index (χ4n) is 2.80. The summed E-state index contributed by atoms with van der Waals surface area (Å²) in [5.74, 6) is 0.369. The van der Waals surface area contributed by atoms with Crippen molar-refractivity contribution in [3.05, 3.63) is 101 Å². The summed E-state index contributed by atoms with van der Waals surface area (Å²) in [5, 5.41) is 11.0. The van der Waals surface area contributed by atoms with Crippen molar-refractivity contribution in [1.29, 1.82) is 0 Å². The van der Waals surface area contributed by atoms with Gasteiger partial charge in [-0.15, -0.1) is 0 Å². The Balaban J connectivity index is 2.00. The summed E-state index contributed by atoms with van der Waals surface area (Å²) >= 11 is 0. The minimum atomic E-state index is -0.185. The van der Waals surface area contributed by atoms with Crippen LogP contribution in [0.4, 0.5) is 0 Å². The van der Waals surface area contributed by atoms with Crippen molar-refractivity contribution in [2.45, 2.75) is 0 Å². The fourth-order valence-corrected chi connectivity index (χ4v) is 2.80. The highest BCUT2D eigenvalue weighted by atomic mass is 16.3. The van der Waals surface area contributed by atoms with Gasteiger partial charge >= 0.3 is 0 Å². The molecule has 5 heteroatoms.